The van der Waals surface area contributed by atoms with Gasteiger partial charge in [0.15, 0.2) is 6.23 Å². The first-order valence-electron chi connectivity index (χ1n) is 6.56. The van der Waals surface area contributed by atoms with Gasteiger partial charge in [0.2, 0.25) is 0 Å². The van der Waals surface area contributed by atoms with Crippen LogP contribution in [0.25, 0.3) is 0 Å². The van der Waals surface area contributed by atoms with Gasteiger partial charge in [0.05, 0.1) is 6.61 Å². The summed E-state index contributed by atoms with van der Waals surface area (Å²) in [5, 5.41) is 10.1. The van der Waals surface area contributed by atoms with Crippen LogP contribution in [0.3, 0.4) is 0 Å². The van der Waals surface area contributed by atoms with Gasteiger partial charge in [-0.3, -0.25) is 4.79 Å². The zero-order chi connectivity index (χ0) is 14.5. The Balaban J connectivity index is 1.93. The second-order valence-electron chi connectivity index (χ2n) is 4.40. The van der Waals surface area contributed by atoms with Gasteiger partial charge in [0.25, 0.3) is 5.91 Å². The molecule has 1 aromatic carbocycles. The molecule has 0 radical (unpaired) electrons. The molecule has 1 N–H and O–H groups in total. The summed E-state index contributed by atoms with van der Waals surface area (Å²) in [6.45, 7) is 2.43. The summed E-state index contributed by atoms with van der Waals surface area (Å²) >= 11 is 0. The van der Waals surface area contributed by atoms with E-state index in [1.54, 1.807) is 37.3 Å². The third-order valence-corrected chi connectivity index (χ3v) is 3.10. The van der Waals surface area contributed by atoms with Crippen molar-refractivity contribution >= 4 is 11.9 Å². The molecule has 5 heteroatoms. The zero-order valence-corrected chi connectivity index (χ0v) is 11.3. The maximum atomic E-state index is 12.1. The van der Waals surface area contributed by atoms with Crippen molar-refractivity contribution in [3.05, 3.63) is 47.5 Å². The van der Waals surface area contributed by atoms with E-state index in [1.807, 2.05) is 0 Å². The molecular weight excluding hydrogens is 258 g/mol. The minimum atomic E-state index is -0.908. The number of benzene rings is 1. The molecule has 1 aliphatic heterocycles. The molecule has 0 saturated heterocycles. The molecule has 1 heterocycles. The molecule has 1 atom stereocenters. The quantitative estimate of drug-likeness (QED) is 0.655. The summed E-state index contributed by atoms with van der Waals surface area (Å²) in [5.74, 6) is -0.582. The molecule has 0 aliphatic carbocycles. The predicted octanol–water partition coefficient (Wildman–Crippen LogP) is 1.64. The topological polar surface area (TPSA) is 66.8 Å². The summed E-state index contributed by atoms with van der Waals surface area (Å²) in [4.78, 5) is 24.6. The van der Waals surface area contributed by atoms with E-state index >= 15 is 0 Å². The van der Waals surface area contributed by atoms with Crippen LogP contribution >= 0.6 is 0 Å². The molecule has 5 nitrogen and oxygen atoms in total. The molecule has 0 bridgehead atoms. The minimum absolute atomic E-state index is 0.183. The number of aliphatic hydroxyl groups excluding tert-OH is 1. The second-order valence-corrected chi connectivity index (χ2v) is 4.40. The van der Waals surface area contributed by atoms with Gasteiger partial charge in [-0.1, -0.05) is 24.3 Å². The lowest BCUT2D eigenvalue weighted by molar-refractivity contribution is -0.137. The van der Waals surface area contributed by atoms with Crippen LogP contribution in [0.2, 0.25) is 0 Å². The first kappa shape index (κ1) is 14.3. The van der Waals surface area contributed by atoms with Crippen LogP contribution in [0.4, 0.5) is 0 Å². The van der Waals surface area contributed by atoms with E-state index in [1.165, 1.54) is 11.0 Å². The van der Waals surface area contributed by atoms with Gasteiger partial charge in [-0.25, -0.2) is 4.79 Å². The highest BCUT2D eigenvalue weighted by molar-refractivity contribution is 5.98. The number of carbonyl (C=O) groups excluding carboxylic acids is 2. The summed E-state index contributed by atoms with van der Waals surface area (Å²) in [6.07, 6.45) is 2.55. The van der Waals surface area contributed by atoms with Crippen LogP contribution in [0.15, 0.2) is 36.4 Å². The molecule has 0 fully saturated rings. The molecule has 1 aliphatic rings. The second kappa shape index (κ2) is 6.34. The van der Waals surface area contributed by atoms with E-state index in [0.29, 0.717) is 30.7 Å². The number of ether oxygens (including phenoxy) is 1. The van der Waals surface area contributed by atoms with Gasteiger partial charge in [-0.2, -0.15) is 0 Å². The van der Waals surface area contributed by atoms with Crippen molar-refractivity contribution in [1.29, 1.82) is 0 Å². The normalized spacial score (nSPS) is 17.6. The van der Waals surface area contributed by atoms with E-state index in [0.717, 1.165) is 0 Å². The highest BCUT2D eigenvalue weighted by Crippen LogP contribution is 2.31. The van der Waals surface area contributed by atoms with Gasteiger partial charge in [0, 0.05) is 23.7 Å². The van der Waals surface area contributed by atoms with Gasteiger partial charge in [-0.15, -0.1) is 0 Å². The average Bonchev–Trinajstić information content (AvgIpc) is 2.69. The largest absolute Gasteiger partial charge is 0.463 e. The van der Waals surface area contributed by atoms with Crippen molar-refractivity contribution in [2.45, 2.75) is 19.6 Å². The van der Waals surface area contributed by atoms with E-state index in [2.05, 4.69) is 0 Å². The van der Waals surface area contributed by atoms with E-state index < -0.39 is 12.2 Å². The first-order chi connectivity index (χ1) is 9.65. The van der Waals surface area contributed by atoms with E-state index in [4.69, 9.17) is 4.74 Å². The average molecular weight is 275 g/mol. The number of aliphatic hydroxyl groups is 1. The van der Waals surface area contributed by atoms with E-state index in [9.17, 15) is 14.7 Å². The Kier molecular flexibility index (Phi) is 4.53. The summed E-state index contributed by atoms with van der Waals surface area (Å²) in [6, 6.07) is 7.01. The third-order valence-electron chi connectivity index (χ3n) is 3.10. The Morgan fingerprint density at radius 3 is 2.90 bits per heavy atom. The lowest BCUT2D eigenvalue weighted by Gasteiger charge is -2.19. The number of rotatable bonds is 5. The molecule has 0 aromatic heterocycles. The zero-order valence-electron chi connectivity index (χ0n) is 11.3. The maximum Gasteiger partial charge on any atom is 0.330 e. The molecule has 1 unspecified atom stereocenters. The Morgan fingerprint density at radius 2 is 2.20 bits per heavy atom. The monoisotopic (exact) mass is 275 g/mol. The number of hydrogen-bond donors (Lipinski definition) is 1. The SMILES string of the molecule is CCOC(=O)/C=C/CCN1C(=O)c2ccccc2C1O. The summed E-state index contributed by atoms with van der Waals surface area (Å²) in [7, 11) is 0. The van der Waals surface area contributed by atoms with Crippen LogP contribution in [-0.4, -0.2) is 35.0 Å². The number of esters is 1. The van der Waals surface area contributed by atoms with Crippen molar-refractivity contribution in [3.63, 3.8) is 0 Å². The fraction of sp³-hybridized carbons (Fsp3) is 0.333. The molecule has 20 heavy (non-hydrogen) atoms. The first-order valence-corrected chi connectivity index (χ1v) is 6.56. The Bertz CT molecular complexity index is 538. The van der Waals surface area contributed by atoms with Crippen molar-refractivity contribution in [2.75, 3.05) is 13.2 Å². The van der Waals surface area contributed by atoms with Crippen LogP contribution < -0.4 is 0 Å². The van der Waals surface area contributed by atoms with Crippen LogP contribution in [0, 0.1) is 0 Å². The van der Waals surface area contributed by atoms with Crippen LogP contribution in [-0.2, 0) is 9.53 Å². The van der Waals surface area contributed by atoms with Gasteiger partial charge in [0.1, 0.15) is 0 Å². The lowest BCUT2D eigenvalue weighted by atomic mass is 10.1. The maximum absolute atomic E-state index is 12.1. The molecule has 1 aromatic rings. The Hall–Kier alpha value is -2.14. The Labute approximate surface area is 117 Å². The smallest absolute Gasteiger partial charge is 0.330 e. The number of hydrogen-bond acceptors (Lipinski definition) is 4. The van der Waals surface area contributed by atoms with Crippen LogP contribution in [0.1, 0.15) is 35.5 Å². The molecule has 106 valence electrons. The number of amides is 1. The van der Waals surface area contributed by atoms with Gasteiger partial charge >= 0.3 is 5.97 Å². The number of fused-ring (bicyclic) bond motifs is 1. The fourth-order valence-electron chi connectivity index (χ4n) is 2.16. The number of nitrogens with zero attached hydrogens (tertiary/aromatic N) is 1. The highest BCUT2D eigenvalue weighted by Gasteiger charge is 2.34. The minimum Gasteiger partial charge on any atom is -0.463 e. The lowest BCUT2D eigenvalue weighted by Crippen LogP contribution is -2.28. The van der Waals surface area contributed by atoms with Crippen molar-refractivity contribution < 1.29 is 19.4 Å². The van der Waals surface area contributed by atoms with E-state index in [-0.39, 0.29) is 5.91 Å². The van der Waals surface area contributed by atoms with Crippen molar-refractivity contribution in [2.24, 2.45) is 0 Å². The molecule has 1 amide bonds. The molecule has 2 rings (SSSR count). The Morgan fingerprint density at radius 1 is 1.45 bits per heavy atom. The molecule has 0 spiro atoms. The molecular formula is C15H17NO4. The van der Waals surface area contributed by atoms with Crippen molar-refractivity contribution in [3.8, 4) is 0 Å². The number of carbonyl (C=O) groups is 2. The summed E-state index contributed by atoms with van der Waals surface area (Å²) in [5.41, 5.74) is 1.17. The van der Waals surface area contributed by atoms with Gasteiger partial charge in [-0.05, 0) is 19.4 Å². The predicted molar refractivity (Wildman–Crippen MR) is 72.8 cm³/mol. The third kappa shape index (κ3) is 2.88. The molecule has 0 saturated carbocycles. The van der Waals surface area contributed by atoms with Crippen molar-refractivity contribution in [1.82, 2.24) is 4.90 Å². The van der Waals surface area contributed by atoms with Crippen LogP contribution in [0.5, 0.6) is 0 Å². The van der Waals surface area contributed by atoms with Gasteiger partial charge < -0.3 is 14.7 Å². The highest BCUT2D eigenvalue weighted by atomic mass is 16.5. The standard InChI is InChI=1S/C15H17NO4/c1-2-20-13(17)9-5-6-10-16-14(18)11-7-3-4-8-12(11)15(16)19/h3-5,7-9,14,18H,2,6,10H2,1H3/b9-5+. The fourth-order valence-corrected chi connectivity index (χ4v) is 2.16. The summed E-state index contributed by atoms with van der Waals surface area (Å²) < 4.78 is 4.75.